The summed E-state index contributed by atoms with van der Waals surface area (Å²) < 4.78 is 35.3. The van der Waals surface area contributed by atoms with E-state index in [4.69, 9.17) is 9.84 Å². The van der Waals surface area contributed by atoms with Gasteiger partial charge in [-0.05, 0) is 83.1 Å². The van der Waals surface area contributed by atoms with Gasteiger partial charge < -0.3 is 14.6 Å². The van der Waals surface area contributed by atoms with Crippen LogP contribution in [0.15, 0.2) is 58.8 Å². The fourth-order valence-electron chi connectivity index (χ4n) is 3.55. The lowest BCUT2D eigenvalue weighted by atomic mass is 10.0. The topological polar surface area (TPSA) is 51.0 Å². The highest BCUT2D eigenvalue weighted by Gasteiger charge is 2.22. The normalized spacial score (nSPS) is 18.7. The van der Waals surface area contributed by atoms with Gasteiger partial charge >= 0.3 is 0 Å². The molecule has 6 heteroatoms. The number of halogens is 2. The number of aliphatic imine (C=N–C) groups is 1. The number of hydrogen-bond donors (Lipinski definition) is 1. The van der Waals surface area contributed by atoms with Crippen molar-refractivity contribution in [2.75, 3.05) is 13.9 Å². The summed E-state index contributed by atoms with van der Waals surface area (Å²) in [5, 5.41) is 7.65. The molecule has 1 N–H and O–H groups in total. The van der Waals surface area contributed by atoms with Gasteiger partial charge in [-0.3, -0.25) is 4.99 Å². The molecule has 1 saturated heterocycles. The fraction of sp³-hybridized carbons (Fsp3) is 0.552. The molecule has 1 aliphatic rings. The van der Waals surface area contributed by atoms with E-state index in [1.165, 1.54) is 36.8 Å². The summed E-state index contributed by atoms with van der Waals surface area (Å²) in [6.07, 6.45) is 14.7. The fourth-order valence-corrected chi connectivity index (χ4v) is 3.55. The summed E-state index contributed by atoms with van der Waals surface area (Å²) in [6, 6.07) is 4.04. The van der Waals surface area contributed by atoms with Gasteiger partial charge in [0.2, 0.25) is 0 Å². The quantitative estimate of drug-likeness (QED) is 0.218. The second-order valence-corrected chi connectivity index (χ2v) is 8.47. The Morgan fingerprint density at radius 3 is 2.37 bits per heavy atom. The third-order valence-corrected chi connectivity index (χ3v) is 5.31. The third kappa shape index (κ3) is 14.8. The molecule has 0 spiro atoms. The molecule has 198 valence electrons. The maximum Gasteiger partial charge on any atom is 0.159 e. The summed E-state index contributed by atoms with van der Waals surface area (Å²) in [6.45, 7) is 12.5. The van der Waals surface area contributed by atoms with Crippen LogP contribution in [0.3, 0.4) is 0 Å². The molecule has 2 unspecified atom stereocenters. The van der Waals surface area contributed by atoms with Gasteiger partial charge in [0.15, 0.2) is 11.6 Å². The van der Waals surface area contributed by atoms with Gasteiger partial charge in [-0.15, -0.1) is 0 Å². The van der Waals surface area contributed by atoms with E-state index in [0.29, 0.717) is 12.5 Å². The van der Waals surface area contributed by atoms with E-state index in [2.05, 4.69) is 55.7 Å². The molecule has 1 aliphatic heterocycles. The van der Waals surface area contributed by atoms with Gasteiger partial charge in [0.1, 0.15) is 6.79 Å². The van der Waals surface area contributed by atoms with E-state index in [1.54, 1.807) is 6.07 Å². The summed E-state index contributed by atoms with van der Waals surface area (Å²) in [4.78, 5) is 4.46. The summed E-state index contributed by atoms with van der Waals surface area (Å²) in [5.74, 6) is -1.57. The minimum absolute atomic E-state index is 0.157. The highest BCUT2D eigenvalue weighted by molar-refractivity contribution is 6.01. The van der Waals surface area contributed by atoms with Gasteiger partial charge in [0, 0.05) is 19.0 Å². The monoisotopic (exact) mass is 493 g/mol. The number of hydrogen-bond acceptors (Lipinski definition) is 4. The average molecular weight is 494 g/mol. The van der Waals surface area contributed by atoms with E-state index >= 15 is 0 Å². The number of nitrogens with zero attached hydrogens (tertiary/aromatic N) is 1. The molecule has 1 aromatic carbocycles. The number of methoxy groups -OCH3 is 1. The van der Waals surface area contributed by atoms with Gasteiger partial charge in [-0.25, -0.2) is 8.78 Å². The van der Waals surface area contributed by atoms with Crippen LogP contribution in [0.4, 0.5) is 8.78 Å². The smallest absolute Gasteiger partial charge is 0.159 e. The second-order valence-electron chi connectivity index (χ2n) is 8.47. The lowest BCUT2D eigenvalue weighted by Crippen LogP contribution is -2.11. The first-order valence-electron chi connectivity index (χ1n) is 12.4. The highest BCUT2D eigenvalue weighted by atomic mass is 19.2. The number of allylic oxidation sites excluding steroid dienone is 5. The van der Waals surface area contributed by atoms with Crippen LogP contribution in [0.1, 0.15) is 79.2 Å². The van der Waals surface area contributed by atoms with E-state index in [9.17, 15) is 8.78 Å². The standard InChI is InChI=1S/C15H25N.C12H14F2O.C2H6O2/c1-6-9-12-16-14(5)15(11-8-3)13(4)10-7-2;1-8-2-4-10(15-8)6-9-3-5-11(13)12(14)7-9;1-4-2-3/h8-9,11-12H,6-7,10H2,1-5H3;3,5,7-8,10H,2,4,6H2,1H3;3H,2H2,1H3/b11-8-,12-9+,15-13+,16-14+;;. The van der Waals surface area contributed by atoms with Crippen molar-refractivity contribution in [2.45, 2.75) is 92.3 Å². The van der Waals surface area contributed by atoms with Crippen molar-refractivity contribution in [3.8, 4) is 0 Å². The van der Waals surface area contributed by atoms with Crippen LogP contribution < -0.4 is 0 Å². The predicted octanol–water partition coefficient (Wildman–Crippen LogP) is 7.72. The van der Waals surface area contributed by atoms with Gasteiger partial charge in [0.05, 0.1) is 12.2 Å². The van der Waals surface area contributed by atoms with E-state index in [0.717, 1.165) is 37.0 Å². The van der Waals surface area contributed by atoms with E-state index in [1.807, 2.05) is 20.0 Å². The molecule has 0 aliphatic carbocycles. The first-order chi connectivity index (χ1) is 16.7. The Bertz CT molecular complexity index is 829. The first-order valence-corrected chi connectivity index (χ1v) is 12.4. The van der Waals surface area contributed by atoms with Crippen molar-refractivity contribution in [1.82, 2.24) is 0 Å². The van der Waals surface area contributed by atoms with Crippen molar-refractivity contribution in [2.24, 2.45) is 4.99 Å². The molecule has 1 heterocycles. The minimum atomic E-state index is -0.792. The number of benzene rings is 1. The minimum Gasteiger partial charge on any atom is -0.375 e. The zero-order valence-corrected chi connectivity index (χ0v) is 22.6. The summed E-state index contributed by atoms with van der Waals surface area (Å²) >= 11 is 0. The van der Waals surface area contributed by atoms with Crippen LogP contribution in [0, 0.1) is 11.6 Å². The Morgan fingerprint density at radius 2 is 1.89 bits per heavy atom. The van der Waals surface area contributed by atoms with Crippen molar-refractivity contribution >= 4 is 5.71 Å². The zero-order chi connectivity index (χ0) is 26.6. The third-order valence-electron chi connectivity index (χ3n) is 5.31. The van der Waals surface area contributed by atoms with Gasteiger partial charge in [0.25, 0.3) is 0 Å². The molecular formula is C29H45F2NO3. The summed E-state index contributed by atoms with van der Waals surface area (Å²) in [5.41, 5.74) is 4.61. The number of aliphatic hydroxyl groups excluding tert-OH is 1. The van der Waals surface area contributed by atoms with Crippen molar-refractivity contribution in [3.05, 3.63) is 71.0 Å². The molecule has 4 nitrogen and oxygen atoms in total. The first kappa shape index (κ1) is 32.8. The molecule has 1 aromatic rings. The molecule has 0 saturated carbocycles. The molecule has 0 radical (unpaired) electrons. The summed E-state index contributed by atoms with van der Waals surface area (Å²) in [7, 11) is 1.43. The number of aliphatic hydroxyl groups is 1. The van der Waals surface area contributed by atoms with Crippen LogP contribution in [-0.2, 0) is 15.9 Å². The molecule has 1 fully saturated rings. The van der Waals surface area contributed by atoms with Crippen LogP contribution in [-0.4, -0.2) is 36.9 Å². The molecule has 0 aromatic heterocycles. The van der Waals surface area contributed by atoms with Crippen molar-refractivity contribution in [3.63, 3.8) is 0 Å². The highest BCUT2D eigenvalue weighted by Crippen LogP contribution is 2.23. The Kier molecular flexibility index (Phi) is 18.8. The zero-order valence-electron chi connectivity index (χ0n) is 22.6. The largest absolute Gasteiger partial charge is 0.375 e. The van der Waals surface area contributed by atoms with Crippen LogP contribution in [0.5, 0.6) is 0 Å². The Labute approximate surface area is 211 Å². The Hall–Kier alpha value is -2.15. The van der Waals surface area contributed by atoms with Gasteiger partial charge in [-0.1, -0.05) is 50.1 Å². The second kappa shape index (κ2) is 20.1. The predicted molar refractivity (Wildman–Crippen MR) is 143 cm³/mol. The lowest BCUT2D eigenvalue weighted by molar-refractivity contribution is 0.0325. The number of rotatable bonds is 9. The molecule has 2 rings (SSSR count). The Balaban J connectivity index is 0.000000573. The van der Waals surface area contributed by atoms with Crippen molar-refractivity contribution < 1.29 is 23.4 Å². The van der Waals surface area contributed by atoms with Crippen LogP contribution in [0.2, 0.25) is 0 Å². The molecule has 35 heavy (non-hydrogen) atoms. The van der Waals surface area contributed by atoms with Crippen LogP contribution >= 0.6 is 0 Å². The van der Waals surface area contributed by atoms with Crippen LogP contribution in [0.25, 0.3) is 0 Å². The van der Waals surface area contributed by atoms with E-state index < -0.39 is 11.6 Å². The maximum absolute atomic E-state index is 12.9. The molecule has 2 atom stereocenters. The van der Waals surface area contributed by atoms with E-state index in [-0.39, 0.29) is 12.9 Å². The number of ether oxygens (including phenoxy) is 2. The SMILES string of the molecule is CC1CCC(Cc2ccc(F)c(F)c2)O1.COCO.C\C=C/C(C(/C)=N/C=C/CC)=C(/C)CCC. The Morgan fingerprint density at radius 1 is 1.20 bits per heavy atom. The van der Waals surface area contributed by atoms with Gasteiger partial charge in [-0.2, -0.15) is 0 Å². The molecular weight excluding hydrogens is 448 g/mol. The molecule has 0 bridgehead atoms. The lowest BCUT2D eigenvalue weighted by Gasteiger charge is -2.10. The maximum atomic E-state index is 12.9. The average Bonchev–Trinajstić information content (AvgIpc) is 3.25. The molecule has 0 amide bonds. The van der Waals surface area contributed by atoms with Crippen molar-refractivity contribution in [1.29, 1.82) is 0 Å².